The molecule has 1 aliphatic carbocycles. The van der Waals surface area contributed by atoms with Crippen molar-refractivity contribution in [2.24, 2.45) is 0 Å². The molecule has 0 amide bonds. The number of rotatable bonds is 2. The molecule has 1 heterocycles. The molecule has 0 radical (unpaired) electrons. The highest BCUT2D eigenvalue weighted by atomic mass is 32.2. The number of fused-ring (bicyclic) bond motifs is 1. The van der Waals surface area contributed by atoms with Crippen LogP contribution in [0.15, 0.2) is 23.1 Å². The largest absolute Gasteiger partial charge is 0.462 e. The molecule has 19 heavy (non-hydrogen) atoms. The van der Waals surface area contributed by atoms with Crippen molar-refractivity contribution in [3.63, 3.8) is 0 Å². The number of esters is 1. The molecular weight excluding hydrogens is 256 g/mol. The lowest BCUT2D eigenvalue weighted by Crippen LogP contribution is -2.27. The average molecular weight is 276 g/mol. The second-order valence-electron chi connectivity index (χ2n) is 5.53. The van der Waals surface area contributed by atoms with Gasteiger partial charge < -0.3 is 4.74 Å². The summed E-state index contributed by atoms with van der Waals surface area (Å²) in [5.41, 5.74) is 2.02. The van der Waals surface area contributed by atoms with Crippen LogP contribution in [0.3, 0.4) is 0 Å². The first-order chi connectivity index (χ1) is 9.24. The maximum Gasteiger partial charge on any atom is 0.338 e. The van der Waals surface area contributed by atoms with Gasteiger partial charge in [-0.05, 0) is 43.9 Å². The van der Waals surface area contributed by atoms with Crippen molar-refractivity contribution in [1.29, 1.82) is 0 Å². The monoisotopic (exact) mass is 276 g/mol. The topological polar surface area (TPSA) is 26.3 Å². The van der Waals surface area contributed by atoms with E-state index in [1.165, 1.54) is 42.6 Å². The van der Waals surface area contributed by atoms with Crippen molar-refractivity contribution >= 4 is 17.7 Å². The van der Waals surface area contributed by atoms with Crippen LogP contribution in [-0.2, 0) is 11.2 Å². The number of hydrogen-bond donors (Lipinski definition) is 0. The van der Waals surface area contributed by atoms with Gasteiger partial charge in [0.05, 0.1) is 12.2 Å². The van der Waals surface area contributed by atoms with Gasteiger partial charge in [-0.25, -0.2) is 4.79 Å². The van der Waals surface area contributed by atoms with Crippen molar-refractivity contribution in [3.05, 3.63) is 29.3 Å². The van der Waals surface area contributed by atoms with Crippen LogP contribution >= 0.6 is 11.8 Å². The van der Waals surface area contributed by atoms with Gasteiger partial charge >= 0.3 is 5.97 Å². The van der Waals surface area contributed by atoms with Gasteiger partial charge in [0.1, 0.15) is 0 Å². The van der Waals surface area contributed by atoms with E-state index in [1.54, 1.807) is 0 Å². The molecule has 1 fully saturated rings. The average Bonchev–Trinajstić information content (AvgIpc) is 2.76. The molecule has 3 heteroatoms. The molecule has 1 aliphatic heterocycles. The summed E-state index contributed by atoms with van der Waals surface area (Å²) in [5.74, 6) is -0.159. The zero-order chi connectivity index (χ0) is 13.3. The maximum absolute atomic E-state index is 12.0. The molecule has 1 spiro atoms. The van der Waals surface area contributed by atoms with Crippen LogP contribution in [0.4, 0.5) is 0 Å². The molecule has 3 rings (SSSR count). The lowest BCUT2D eigenvalue weighted by Gasteiger charge is -2.32. The third-order valence-corrected chi connectivity index (χ3v) is 5.81. The van der Waals surface area contributed by atoms with Crippen LogP contribution in [0.1, 0.15) is 54.9 Å². The van der Waals surface area contributed by atoms with Crippen molar-refractivity contribution in [2.45, 2.75) is 55.1 Å². The minimum absolute atomic E-state index is 0.159. The third kappa shape index (κ3) is 2.40. The summed E-state index contributed by atoms with van der Waals surface area (Å²) in [6.45, 7) is 2.30. The first kappa shape index (κ1) is 13.0. The fourth-order valence-corrected chi connectivity index (χ4v) is 4.94. The van der Waals surface area contributed by atoms with Gasteiger partial charge in [0.2, 0.25) is 0 Å². The Morgan fingerprint density at radius 2 is 2.11 bits per heavy atom. The fraction of sp³-hybridized carbons (Fsp3) is 0.562. The summed E-state index contributed by atoms with van der Waals surface area (Å²) >= 11 is 2.00. The maximum atomic E-state index is 12.0. The molecule has 2 aliphatic rings. The van der Waals surface area contributed by atoms with Gasteiger partial charge in [0.15, 0.2) is 0 Å². The Morgan fingerprint density at radius 3 is 2.84 bits per heavy atom. The molecule has 0 aromatic heterocycles. The minimum Gasteiger partial charge on any atom is -0.462 e. The fourth-order valence-electron chi connectivity index (χ4n) is 3.31. The van der Waals surface area contributed by atoms with Crippen LogP contribution in [0, 0.1) is 0 Å². The van der Waals surface area contributed by atoms with E-state index in [9.17, 15) is 4.79 Å². The molecule has 0 N–H and O–H groups in total. The Bertz CT molecular complexity index is 490. The van der Waals surface area contributed by atoms with E-state index in [4.69, 9.17) is 4.74 Å². The Kier molecular flexibility index (Phi) is 3.57. The Labute approximate surface area is 118 Å². The molecule has 0 unspecified atom stereocenters. The predicted molar refractivity (Wildman–Crippen MR) is 77.8 cm³/mol. The Hall–Kier alpha value is -0.960. The van der Waals surface area contributed by atoms with Gasteiger partial charge in [0.25, 0.3) is 0 Å². The van der Waals surface area contributed by atoms with Crippen LogP contribution < -0.4 is 0 Å². The van der Waals surface area contributed by atoms with E-state index in [0.717, 1.165) is 12.0 Å². The number of carbonyl (C=O) groups excluding carboxylic acids is 1. The molecule has 2 nitrogen and oxygen atoms in total. The summed E-state index contributed by atoms with van der Waals surface area (Å²) < 4.78 is 5.55. The second kappa shape index (κ2) is 5.20. The Balaban J connectivity index is 1.90. The summed E-state index contributed by atoms with van der Waals surface area (Å²) in [6, 6.07) is 6.06. The van der Waals surface area contributed by atoms with E-state index >= 15 is 0 Å². The highest BCUT2D eigenvalue weighted by Crippen LogP contribution is 2.53. The summed E-state index contributed by atoms with van der Waals surface area (Å²) in [5, 5.41) is 0. The second-order valence-corrected chi connectivity index (χ2v) is 7.04. The molecule has 0 atom stereocenters. The molecule has 0 saturated heterocycles. The number of thioether (sulfide) groups is 1. The van der Waals surface area contributed by atoms with Gasteiger partial charge in [0, 0.05) is 9.64 Å². The molecule has 1 saturated carbocycles. The smallest absolute Gasteiger partial charge is 0.338 e. The van der Waals surface area contributed by atoms with Crippen molar-refractivity contribution < 1.29 is 9.53 Å². The van der Waals surface area contributed by atoms with E-state index in [1.807, 2.05) is 30.8 Å². The number of hydrogen-bond acceptors (Lipinski definition) is 3. The lowest BCUT2D eigenvalue weighted by atomic mass is 9.83. The van der Waals surface area contributed by atoms with Crippen LogP contribution in [0.2, 0.25) is 0 Å². The van der Waals surface area contributed by atoms with Gasteiger partial charge in [-0.15, -0.1) is 11.8 Å². The highest BCUT2D eigenvalue weighted by Gasteiger charge is 2.40. The van der Waals surface area contributed by atoms with Gasteiger partial charge in [-0.1, -0.05) is 25.3 Å². The Morgan fingerprint density at radius 1 is 1.32 bits per heavy atom. The van der Waals surface area contributed by atoms with Crippen molar-refractivity contribution in [2.75, 3.05) is 6.61 Å². The van der Waals surface area contributed by atoms with E-state index in [-0.39, 0.29) is 5.97 Å². The van der Waals surface area contributed by atoms with Gasteiger partial charge in [-0.3, -0.25) is 0 Å². The minimum atomic E-state index is -0.159. The zero-order valence-electron chi connectivity index (χ0n) is 11.4. The first-order valence-electron chi connectivity index (χ1n) is 7.22. The normalized spacial score (nSPS) is 20.3. The van der Waals surface area contributed by atoms with E-state index < -0.39 is 0 Å². The quantitative estimate of drug-likeness (QED) is 0.757. The molecular formula is C16H20O2S. The molecule has 1 aromatic carbocycles. The summed E-state index contributed by atoms with van der Waals surface area (Å²) in [7, 11) is 0. The first-order valence-corrected chi connectivity index (χ1v) is 8.04. The molecule has 0 bridgehead atoms. The van der Waals surface area contributed by atoms with E-state index in [0.29, 0.717) is 11.4 Å². The molecule has 102 valence electrons. The zero-order valence-corrected chi connectivity index (χ0v) is 12.2. The lowest BCUT2D eigenvalue weighted by molar-refractivity contribution is 0.0524. The third-order valence-electron chi connectivity index (χ3n) is 4.22. The van der Waals surface area contributed by atoms with Crippen molar-refractivity contribution in [3.8, 4) is 0 Å². The molecule has 1 aromatic rings. The number of carbonyl (C=O) groups is 1. The van der Waals surface area contributed by atoms with Gasteiger partial charge in [-0.2, -0.15) is 0 Å². The summed E-state index contributed by atoms with van der Waals surface area (Å²) in [4.78, 5) is 13.3. The van der Waals surface area contributed by atoms with Crippen molar-refractivity contribution in [1.82, 2.24) is 0 Å². The SMILES string of the molecule is CCOC(=O)c1cccc2c1CC1(CCCCC1)S2. The van der Waals surface area contributed by atoms with E-state index in [2.05, 4.69) is 6.07 Å². The standard InChI is InChI=1S/C16H20O2S/c1-2-18-15(17)12-7-6-8-14-13(12)11-16(19-14)9-4-3-5-10-16/h6-8H,2-5,9-11H2,1H3. The van der Waals surface area contributed by atoms with Crippen LogP contribution in [0.25, 0.3) is 0 Å². The highest BCUT2D eigenvalue weighted by molar-refractivity contribution is 8.01. The number of ether oxygens (including phenoxy) is 1. The van der Waals surface area contributed by atoms with Crippen LogP contribution in [0.5, 0.6) is 0 Å². The number of benzene rings is 1. The predicted octanol–water partition coefficient (Wildman–Crippen LogP) is 4.21. The summed E-state index contributed by atoms with van der Waals surface area (Å²) in [6.07, 6.45) is 7.64. The van der Waals surface area contributed by atoms with Crippen LogP contribution in [-0.4, -0.2) is 17.3 Å².